The number of rotatable bonds is 7. The van der Waals surface area contributed by atoms with Gasteiger partial charge in [-0.25, -0.2) is 4.98 Å². The van der Waals surface area contributed by atoms with Gasteiger partial charge in [-0.2, -0.15) is 0 Å². The minimum atomic E-state index is 0.326. The van der Waals surface area contributed by atoms with Gasteiger partial charge in [-0.15, -0.1) is 0 Å². The summed E-state index contributed by atoms with van der Waals surface area (Å²) in [5.74, 6) is 0.867. The van der Waals surface area contributed by atoms with Crippen molar-refractivity contribution < 1.29 is 0 Å². The number of aromatic nitrogens is 2. The Labute approximate surface area is 98.7 Å². The zero-order chi connectivity index (χ0) is 11.9. The molecule has 0 aliphatic heterocycles. The van der Waals surface area contributed by atoms with Gasteiger partial charge in [-0.1, -0.05) is 40.0 Å². The molecule has 0 saturated heterocycles. The second-order valence-corrected chi connectivity index (χ2v) is 5.07. The fourth-order valence-corrected chi connectivity index (χ4v) is 1.66. The van der Waals surface area contributed by atoms with E-state index in [1.807, 2.05) is 0 Å². The lowest BCUT2D eigenvalue weighted by molar-refractivity contribution is 0.342. The molecular formula is C13H23N3. The normalized spacial score (nSPS) is 11.4. The second kappa shape index (κ2) is 6.46. The number of anilines is 1. The molecule has 0 aromatic carbocycles. The molecule has 0 unspecified atom stereocenters. The fourth-order valence-electron chi connectivity index (χ4n) is 1.66. The fraction of sp³-hybridized carbons (Fsp3) is 0.692. The molecule has 1 aromatic rings. The Morgan fingerprint density at radius 2 is 2.06 bits per heavy atom. The van der Waals surface area contributed by atoms with Crippen LogP contribution in [0.3, 0.4) is 0 Å². The Morgan fingerprint density at radius 1 is 1.25 bits per heavy atom. The summed E-state index contributed by atoms with van der Waals surface area (Å²) in [5.41, 5.74) is 0.326. The lowest BCUT2D eigenvalue weighted by Gasteiger charge is -2.25. The van der Waals surface area contributed by atoms with Crippen molar-refractivity contribution in [3.63, 3.8) is 0 Å². The van der Waals surface area contributed by atoms with Crippen LogP contribution < -0.4 is 5.32 Å². The average molecular weight is 221 g/mol. The minimum Gasteiger partial charge on any atom is -0.368 e. The van der Waals surface area contributed by atoms with Crippen LogP contribution in [0, 0.1) is 5.41 Å². The molecule has 1 aromatic heterocycles. The molecule has 0 spiro atoms. The molecule has 0 aliphatic rings. The van der Waals surface area contributed by atoms with E-state index in [0.29, 0.717) is 5.41 Å². The molecule has 0 atom stereocenters. The number of nitrogens with one attached hydrogen (secondary N) is 1. The van der Waals surface area contributed by atoms with E-state index in [0.717, 1.165) is 12.4 Å². The maximum absolute atomic E-state index is 4.20. The Bertz CT molecular complexity index is 282. The highest BCUT2D eigenvalue weighted by atomic mass is 15.0. The van der Waals surface area contributed by atoms with Crippen LogP contribution in [-0.2, 0) is 0 Å². The zero-order valence-corrected chi connectivity index (χ0v) is 10.7. The smallest absolute Gasteiger partial charge is 0.144 e. The van der Waals surface area contributed by atoms with Crippen LogP contribution in [0.15, 0.2) is 18.6 Å². The number of nitrogens with zero attached hydrogens (tertiary/aromatic N) is 2. The third kappa shape index (κ3) is 5.10. The monoisotopic (exact) mass is 221 g/mol. The van der Waals surface area contributed by atoms with Crippen molar-refractivity contribution in [2.24, 2.45) is 5.41 Å². The second-order valence-electron chi connectivity index (χ2n) is 5.07. The van der Waals surface area contributed by atoms with E-state index in [1.165, 1.54) is 25.7 Å². The van der Waals surface area contributed by atoms with Crippen LogP contribution in [0.5, 0.6) is 0 Å². The number of unbranched alkanes of at least 4 members (excludes halogenated alkanes) is 2. The maximum atomic E-state index is 4.20. The standard InChI is InChI=1S/C13H23N3/c1-4-5-6-7-13(2,3)11-16-12-10-14-8-9-15-12/h8-10H,4-7,11H2,1-3H3,(H,15,16). The third-order valence-corrected chi connectivity index (χ3v) is 2.77. The van der Waals surface area contributed by atoms with E-state index < -0.39 is 0 Å². The van der Waals surface area contributed by atoms with Gasteiger partial charge in [0.1, 0.15) is 5.82 Å². The van der Waals surface area contributed by atoms with Crippen LogP contribution in [0.4, 0.5) is 5.82 Å². The Kier molecular flexibility index (Phi) is 5.23. The van der Waals surface area contributed by atoms with Crippen LogP contribution in [0.2, 0.25) is 0 Å². The first-order valence-corrected chi connectivity index (χ1v) is 6.14. The van der Waals surface area contributed by atoms with Crippen molar-refractivity contribution in [2.75, 3.05) is 11.9 Å². The van der Waals surface area contributed by atoms with E-state index in [2.05, 4.69) is 36.1 Å². The molecule has 0 radical (unpaired) electrons. The molecule has 90 valence electrons. The van der Waals surface area contributed by atoms with E-state index in [1.54, 1.807) is 18.6 Å². The van der Waals surface area contributed by atoms with Crippen LogP contribution in [-0.4, -0.2) is 16.5 Å². The Morgan fingerprint density at radius 3 is 2.69 bits per heavy atom. The van der Waals surface area contributed by atoms with Gasteiger partial charge in [-0.05, 0) is 11.8 Å². The van der Waals surface area contributed by atoms with Crippen molar-refractivity contribution in [1.82, 2.24) is 9.97 Å². The van der Waals surface area contributed by atoms with Crippen LogP contribution in [0.1, 0.15) is 46.5 Å². The van der Waals surface area contributed by atoms with Crippen LogP contribution >= 0.6 is 0 Å². The van der Waals surface area contributed by atoms with Crippen molar-refractivity contribution in [3.05, 3.63) is 18.6 Å². The summed E-state index contributed by atoms with van der Waals surface area (Å²) >= 11 is 0. The van der Waals surface area contributed by atoms with Crippen LogP contribution in [0.25, 0.3) is 0 Å². The molecule has 1 rings (SSSR count). The van der Waals surface area contributed by atoms with Crippen molar-refractivity contribution in [2.45, 2.75) is 46.5 Å². The highest BCUT2D eigenvalue weighted by Crippen LogP contribution is 2.23. The first-order valence-electron chi connectivity index (χ1n) is 6.14. The highest BCUT2D eigenvalue weighted by Gasteiger charge is 2.16. The molecule has 0 saturated carbocycles. The molecule has 0 bridgehead atoms. The summed E-state index contributed by atoms with van der Waals surface area (Å²) < 4.78 is 0. The number of hydrogen-bond donors (Lipinski definition) is 1. The predicted molar refractivity (Wildman–Crippen MR) is 68.4 cm³/mol. The Hall–Kier alpha value is -1.12. The molecule has 0 fully saturated rings. The topological polar surface area (TPSA) is 37.8 Å². The molecular weight excluding hydrogens is 198 g/mol. The van der Waals surface area contributed by atoms with Gasteiger partial charge in [0.2, 0.25) is 0 Å². The number of hydrogen-bond acceptors (Lipinski definition) is 3. The summed E-state index contributed by atoms with van der Waals surface area (Å²) in [4.78, 5) is 8.24. The molecule has 3 heteroatoms. The molecule has 1 N–H and O–H groups in total. The summed E-state index contributed by atoms with van der Waals surface area (Å²) in [6.45, 7) is 7.79. The maximum Gasteiger partial charge on any atom is 0.144 e. The largest absolute Gasteiger partial charge is 0.368 e. The van der Waals surface area contributed by atoms with E-state index in [-0.39, 0.29) is 0 Å². The van der Waals surface area contributed by atoms with Gasteiger partial charge in [-0.3, -0.25) is 4.98 Å². The molecule has 16 heavy (non-hydrogen) atoms. The quantitative estimate of drug-likeness (QED) is 0.716. The van der Waals surface area contributed by atoms with E-state index in [9.17, 15) is 0 Å². The van der Waals surface area contributed by atoms with Crippen molar-refractivity contribution in [3.8, 4) is 0 Å². The summed E-state index contributed by atoms with van der Waals surface area (Å²) in [7, 11) is 0. The minimum absolute atomic E-state index is 0.326. The summed E-state index contributed by atoms with van der Waals surface area (Å²) in [5, 5.41) is 3.34. The first-order chi connectivity index (χ1) is 7.64. The first kappa shape index (κ1) is 12.9. The SMILES string of the molecule is CCCCCC(C)(C)CNc1cnccn1. The highest BCUT2D eigenvalue weighted by molar-refractivity contribution is 5.29. The summed E-state index contributed by atoms with van der Waals surface area (Å²) in [6.07, 6.45) is 10.4. The lowest BCUT2D eigenvalue weighted by atomic mass is 9.87. The van der Waals surface area contributed by atoms with Crippen molar-refractivity contribution in [1.29, 1.82) is 0 Å². The van der Waals surface area contributed by atoms with Gasteiger partial charge < -0.3 is 5.32 Å². The van der Waals surface area contributed by atoms with E-state index in [4.69, 9.17) is 0 Å². The Balaban J connectivity index is 2.30. The van der Waals surface area contributed by atoms with Crippen molar-refractivity contribution >= 4 is 5.82 Å². The summed E-state index contributed by atoms with van der Waals surface area (Å²) in [6, 6.07) is 0. The van der Waals surface area contributed by atoms with Gasteiger partial charge in [0.15, 0.2) is 0 Å². The van der Waals surface area contributed by atoms with E-state index >= 15 is 0 Å². The molecule has 0 amide bonds. The predicted octanol–water partition coefficient (Wildman–Crippen LogP) is 3.50. The zero-order valence-electron chi connectivity index (χ0n) is 10.7. The lowest BCUT2D eigenvalue weighted by Crippen LogP contribution is -2.23. The van der Waals surface area contributed by atoms with Gasteiger partial charge in [0, 0.05) is 18.9 Å². The van der Waals surface area contributed by atoms with Gasteiger partial charge >= 0.3 is 0 Å². The molecule has 0 aliphatic carbocycles. The molecule has 1 heterocycles. The van der Waals surface area contributed by atoms with Gasteiger partial charge in [0.05, 0.1) is 6.20 Å². The van der Waals surface area contributed by atoms with Gasteiger partial charge in [0.25, 0.3) is 0 Å². The third-order valence-electron chi connectivity index (χ3n) is 2.77. The average Bonchev–Trinajstić information content (AvgIpc) is 2.28. The molecule has 3 nitrogen and oxygen atoms in total.